The molecule has 0 radical (unpaired) electrons. The summed E-state index contributed by atoms with van der Waals surface area (Å²) in [5.74, 6) is 0. The second kappa shape index (κ2) is 4.74. The maximum absolute atomic E-state index is 4.70. The van der Waals surface area contributed by atoms with E-state index < -0.39 is 12.7 Å². The molecule has 17 heavy (non-hydrogen) atoms. The predicted octanol–water partition coefficient (Wildman–Crippen LogP) is 3.65. The van der Waals surface area contributed by atoms with Crippen LogP contribution in [0.3, 0.4) is 0 Å². The molecule has 5 heteroatoms. The SMILES string of the molecule is [Br][Pd]([Br])[c]1ccc2ccc3cccnc3c2n1. The van der Waals surface area contributed by atoms with Gasteiger partial charge in [0.15, 0.2) is 0 Å². The van der Waals surface area contributed by atoms with Crippen LogP contribution < -0.4 is 4.17 Å². The van der Waals surface area contributed by atoms with Gasteiger partial charge in [-0.15, -0.1) is 0 Å². The van der Waals surface area contributed by atoms with E-state index in [1.165, 1.54) is 0 Å². The molecule has 2 heterocycles. The van der Waals surface area contributed by atoms with Crippen molar-refractivity contribution >= 4 is 52.8 Å². The summed E-state index contributed by atoms with van der Waals surface area (Å²) in [6, 6.07) is 12.3. The fourth-order valence-corrected chi connectivity index (χ4v) is 4.04. The van der Waals surface area contributed by atoms with Crippen molar-refractivity contribution in [1.29, 1.82) is 0 Å². The van der Waals surface area contributed by atoms with Crippen LogP contribution in [0.2, 0.25) is 0 Å². The van der Waals surface area contributed by atoms with Crippen molar-refractivity contribution in [1.82, 2.24) is 9.97 Å². The molecule has 0 atom stereocenters. The number of hydrogen-bond donors (Lipinski definition) is 0. The molecule has 2 aromatic heterocycles. The fraction of sp³-hybridized carbons (Fsp3) is 0. The molecule has 0 saturated carbocycles. The quantitative estimate of drug-likeness (QED) is 0.422. The van der Waals surface area contributed by atoms with Gasteiger partial charge in [-0.3, -0.25) is 0 Å². The molecular formula is C12H7Br2N2Pd. The molecule has 0 N–H and O–H groups in total. The normalized spacial score (nSPS) is 12.0. The molecule has 0 saturated heterocycles. The molecule has 89 valence electrons. The van der Waals surface area contributed by atoms with Crippen LogP contribution in [0.25, 0.3) is 21.8 Å². The van der Waals surface area contributed by atoms with Gasteiger partial charge in [-0.2, -0.15) is 0 Å². The summed E-state index contributed by atoms with van der Waals surface area (Å²) in [5.41, 5.74) is 1.95. The zero-order valence-electron chi connectivity index (χ0n) is 8.51. The van der Waals surface area contributed by atoms with Gasteiger partial charge in [-0.25, -0.2) is 0 Å². The Hall–Kier alpha value is -0.338. The summed E-state index contributed by atoms with van der Waals surface area (Å²) in [6.07, 6.45) is 1.81. The van der Waals surface area contributed by atoms with Crippen molar-refractivity contribution in [3.63, 3.8) is 0 Å². The van der Waals surface area contributed by atoms with E-state index >= 15 is 0 Å². The fourth-order valence-electron chi connectivity index (χ4n) is 1.75. The third kappa shape index (κ3) is 2.18. The molecule has 0 spiro atoms. The molecule has 0 fully saturated rings. The standard InChI is InChI=1S/C12H7N2.2BrH.Pd/c1-3-9-5-6-10-4-2-8-14-12(10)11(9)13-7-1;;;/h1-7H;2*1H;/q;;;+2/p-2. The average molecular weight is 445 g/mol. The Morgan fingerprint density at radius 2 is 1.59 bits per heavy atom. The molecule has 0 amide bonds. The van der Waals surface area contributed by atoms with Crippen LogP contribution in [0.15, 0.2) is 42.6 Å². The molecule has 0 bridgehead atoms. The first-order chi connectivity index (χ1) is 8.25. The zero-order valence-corrected chi connectivity index (χ0v) is 13.2. The Morgan fingerprint density at radius 1 is 0.882 bits per heavy atom. The van der Waals surface area contributed by atoms with Gasteiger partial charge in [0.05, 0.1) is 0 Å². The number of aromatic nitrogens is 2. The average Bonchev–Trinajstić information content (AvgIpc) is 2.38. The monoisotopic (exact) mass is 443 g/mol. The van der Waals surface area contributed by atoms with Crippen LogP contribution in [0.4, 0.5) is 0 Å². The summed E-state index contributed by atoms with van der Waals surface area (Å²) < 4.78 is 1.07. The topological polar surface area (TPSA) is 25.8 Å². The second-order valence-electron chi connectivity index (χ2n) is 3.48. The summed E-state index contributed by atoms with van der Waals surface area (Å²) in [5, 5.41) is 2.26. The molecule has 0 aliphatic heterocycles. The van der Waals surface area contributed by atoms with Crippen LogP contribution >= 0.6 is 26.9 Å². The number of rotatable bonds is 1. The van der Waals surface area contributed by atoms with E-state index in [0.717, 1.165) is 26.0 Å². The number of fused-ring (bicyclic) bond motifs is 3. The number of hydrogen-bond acceptors (Lipinski definition) is 2. The van der Waals surface area contributed by atoms with Crippen molar-refractivity contribution in [2.45, 2.75) is 0 Å². The molecule has 2 nitrogen and oxygen atoms in total. The van der Waals surface area contributed by atoms with Crippen molar-refractivity contribution in [3.8, 4) is 0 Å². The summed E-state index contributed by atoms with van der Waals surface area (Å²) in [4.78, 5) is 9.13. The number of halogens is 2. The maximum atomic E-state index is 4.70. The zero-order chi connectivity index (χ0) is 11.8. The number of benzene rings is 1. The van der Waals surface area contributed by atoms with E-state index in [1.807, 2.05) is 12.3 Å². The predicted molar refractivity (Wildman–Crippen MR) is 74.5 cm³/mol. The Morgan fingerprint density at radius 3 is 2.35 bits per heavy atom. The van der Waals surface area contributed by atoms with Gasteiger partial charge in [0.25, 0.3) is 0 Å². The molecular weight excluding hydrogens is 438 g/mol. The third-order valence-electron chi connectivity index (χ3n) is 2.50. The van der Waals surface area contributed by atoms with Crippen molar-refractivity contribution in [2.75, 3.05) is 0 Å². The van der Waals surface area contributed by atoms with E-state index in [4.69, 9.17) is 4.98 Å². The first kappa shape index (κ1) is 11.7. The van der Waals surface area contributed by atoms with Gasteiger partial charge in [0.2, 0.25) is 0 Å². The minimum absolute atomic E-state index is 0.970. The molecule has 1 aromatic carbocycles. The summed E-state index contributed by atoms with van der Waals surface area (Å²) in [6.45, 7) is 0. The summed E-state index contributed by atoms with van der Waals surface area (Å²) in [7, 11) is 0. The van der Waals surface area contributed by atoms with Crippen LogP contribution in [-0.2, 0) is 12.7 Å². The van der Waals surface area contributed by atoms with Gasteiger partial charge in [0.1, 0.15) is 0 Å². The van der Waals surface area contributed by atoms with Crippen molar-refractivity contribution in [3.05, 3.63) is 42.6 Å². The molecule has 0 aliphatic carbocycles. The Kier molecular flexibility index (Phi) is 3.27. The molecule has 0 unspecified atom stereocenters. The third-order valence-corrected chi connectivity index (χ3v) is 6.58. The number of nitrogens with zero attached hydrogens (tertiary/aromatic N) is 2. The van der Waals surface area contributed by atoms with E-state index in [9.17, 15) is 0 Å². The van der Waals surface area contributed by atoms with E-state index in [1.54, 1.807) is 0 Å². The Labute approximate surface area is 117 Å². The summed E-state index contributed by atoms with van der Waals surface area (Å²) >= 11 is 6.14. The van der Waals surface area contributed by atoms with Gasteiger partial charge >= 0.3 is 118 Å². The van der Waals surface area contributed by atoms with Gasteiger partial charge in [-0.1, -0.05) is 0 Å². The first-order valence-corrected chi connectivity index (χ1v) is 12.7. The minimum atomic E-state index is -1.02. The van der Waals surface area contributed by atoms with Gasteiger partial charge in [-0.05, 0) is 0 Å². The first-order valence-electron chi connectivity index (χ1n) is 4.85. The van der Waals surface area contributed by atoms with Crippen LogP contribution in [0.1, 0.15) is 0 Å². The number of pyridine rings is 2. The molecule has 0 aliphatic rings. The second-order valence-corrected chi connectivity index (χ2v) is 15.0. The van der Waals surface area contributed by atoms with Crippen LogP contribution in [0, 0.1) is 0 Å². The van der Waals surface area contributed by atoms with Crippen molar-refractivity contribution in [2.24, 2.45) is 0 Å². The Balaban J connectivity index is 2.42. The molecule has 3 rings (SSSR count). The van der Waals surface area contributed by atoms with Gasteiger partial charge < -0.3 is 0 Å². The Bertz CT molecular complexity index is 700. The van der Waals surface area contributed by atoms with Crippen LogP contribution in [-0.4, -0.2) is 9.97 Å². The molecule has 3 aromatic rings. The van der Waals surface area contributed by atoms with Gasteiger partial charge in [0, 0.05) is 0 Å². The van der Waals surface area contributed by atoms with E-state index in [0.29, 0.717) is 0 Å². The van der Waals surface area contributed by atoms with E-state index in [2.05, 4.69) is 62.2 Å². The van der Waals surface area contributed by atoms with E-state index in [-0.39, 0.29) is 0 Å². The van der Waals surface area contributed by atoms with Crippen molar-refractivity contribution < 1.29 is 12.7 Å². The van der Waals surface area contributed by atoms with Crippen LogP contribution in [0.5, 0.6) is 0 Å².